The molecule has 0 N–H and O–H groups in total. The van der Waals surface area contributed by atoms with Crippen LogP contribution in [0.5, 0.6) is 0 Å². The van der Waals surface area contributed by atoms with Crippen molar-refractivity contribution in [3.8, 4) is 5.69 Å². The van der Waals surface area contributed by atoms with E-state index in [-0.39, 0.29) is 17.1 Å². The summed E-state index contributed by atoms with van der Waals surface area (Å²) in [5.41, 5.74) is 1.11. The van der Waals surface area contributed by atoms with E-state index < -0.39 is 4.92 Å². The largest absolute Gasteiger partial charge is 0.271 e. The highest BCUT2D eigenvalue weighted by molar-refractivity contribution is 14.1. The number of non-ortho nitro benzene ring substituents is 1. The summed E-state index contributed by atoms with van der Waals surface area (Å²) in [6.45, 7) is 0. The van der Waals surface area contributed by atoms with Crippen LogP contribution in [0.25, 0.3) is 28.7 Å². The average molecular weight is 513 g/mol. The third-order valence-corrected chi connectivity index (χ3v) is 5.12. The van der Waals surface area contributed by atoms with Crippen LogP contribution < -0.4 is 5.56 Å². The second-order valence-electron chi connectivity index (χ2n) is 6.43. The maximum Gasteiger partial charge on any atom is 0.271 e. The van der Waals surface area contributed by atoms with E-state index in [0.717, 1.165) is 9.13 Å². The summed E-state index contributed by atoms with van der Waals surface area (Å²) in [7, 11) is 0. The number of hydrogen-bond acceptors (Lipinski definition) is 4. The van der Waals surface area contributed by atoms with Crippen molar-refractivity contribution >= 4 is 51.3 Å². The van der Waals surface area contributed by atoms with E-state index in [4.69, 9.17) is 0 Å². The van der Waals surface area contributed by atoms with E-state index in [2.05, 4.69) is 27.6 Å². The van der Waals surface area contributed by atoms with Gasteiger partial charge < -0.3 is 0 Å². The Balaban J connectivity index is 1.96. The number of nitrogens with zero attached hydrogens (tertiary/aromatic N) is 3. The van der Waals surface area contributed by atoms with Gasteiger partial charge in [-0.2, -0.15) is 0 Å². The van der Waals surface area contributed by atoms with Crippen LogP contribution in [0.1, 0.15) is 11.4 Å². The first-order valence-corrected chi connectivity index (χ1v) is 9.91. The summed E-state index contributed by atoms with van der Waals surface area (Å²) in [6.07, 6.45) is 3.33. The standard InChI is InChI=1S/C22H13FIN3O3/c23-15-7-4-14(5-8-15)6-11-21-25-20-10-9-16(24)12-19(20)22(28)26(21)17-2-1-3-18(13-17)27(29)30/h1-13H/b11-6+. The minimum atomic E-state index is -0.514. The third-order valence-electron chi connectivity index (χ3n) is 4.45. The van der Waals surface area contributed by atoms with Gasteiger partial charge in [0.2, 0.25) is 0 Å². The molecular weight excluding hydrogens is 500 g/mol. The van der Waals surface area contributed by atoms with E-state index in [1.54, 1.807) is 42.5 Å². The molecule has 0 saturated carbocycles. The van der Waals surface area contributed by atoms with Crippen LogP contribution in [-0.4, -0.2) is 14.5 Å². The number of aromatic nitrogens is 2. The molecule has 1 heterocycles. The van der Waals surface area contributed by atoms with Crippen molar-refractivity contribution in [3.63, 3.8) is 0 Å². The predicted octanol–water partition coefficient (Wildman–Crippen LogP) is 5.21. The van der Waals surface area contributed by atoms with E-state index in [0.29, 0.717) is 22.4 Å². The predicted molar refractivity (Wildman–Crippen MR) is 122 cm³/mol. The molecule has 4 aromatic rings. The lowest BCUT2D eigenvalue weighted by Gasteiger charge is -2.11. The summed E-state index contributed by atoms with van der Waals surface area (Å²) in [5.74, 6) is -0.0439. The lowest BCUT2D eigenvalue weighted by Crippen LogP contribution is -2.22. The zero-order chi connectivity index (χ0) is 21.3. The minimum absolute atomic E-state index is 0.129. The normalized spacial score (nSPS) is 11.3. The van der Waals surface area contributed by atoms with E-state index in [1.807, 2.05) is 6.07 Å². The Morgan fingerprint density at radius 2 is 1.80 bits per heavy atom. The monoisotopic (exact) mass is 513 g/mol. The summed E-state index contributed by atoms with van der Waals surface area (Å²) in [4.78, 5) is 28.6. The molecule has 8 heteroatoms. The Labute approximate surface area is 183 Å². The van der Waals surface area contributed by atoms with Gasteiger partial charge in [-0.05, 0) is 70.6 Å². The van der Waals surface area contributed by atoms with Gasteiger partial charge in [-0.25, -0.2) is 9.37 Å². The number of nitro groups is 1. The van der Waals surface area contributed by atoms with Gasteiger partial charge >= 0.3 is 0 Å². The van der Waals surface area contributed by atoms with Gasteiger partial charge in [0.1, 0.15) is 11.6 Å². The van der Waals surface area contributed by atoms with Gasteiger partial charge in [-0.3, -0.25) is 19.5 Å². The fourth-order valence-corrected chi connectivity index (χ4v) is 3.52. The first-order valence-electron chi connectivity index (χ1n) is 8.83. The Bertz CT molecular complexity index is 1360. The summed E-state index contributed by atoms with van der Waals surface area (Å²) in [6, 6.07) is 17.0. The van der Waals surface area contributed by atoms with Crippen LogP contribution in [0.3, 0.4) is 0 Å². The van der Waals surface area contributed by atoms with Crippen molar-refractivity contribution in [1.82, 2.24) is 9.55 Å². The van der Waals surface area contributed by atoms with E-state index >= 15 is 0 Å². The lowest BCUT2D eigenvalue weighted by molar-refractivity contribution is -0.384. The van der Waals surface area contributed by atoms with Crippen LogP contribution in [0.15, 0.2) is 71.5 Å². The van der Waals surface area contributed by atoms with Gasteiger partial charge in [0, 0.05) is 15.7 Å². The number of benzene rings is 3. The molecular formula is C22H13FIN3O3. The lowest BCUT2D eigenvalue weighted by atomic mass is 10.2. The third kappa shape index (κ3) is 3.99. The van der Waals surface area contributed by atoms with Crippen LogP contribution in [-0.2, 0) is 0 Å². The maximum absolute atomic E-state index is 13.3. The molecule has 0 atom stereocenters. The molecule has 0 aliphatic rings. The van der Waals surface area contributed by atoms with E-state index in [1.165, 1.54) is 34.9 Å². The number of rotatable bonds is 4. The van der Waals surface area contributed by atoms with Crippen LogP contribution in [0, 0.1) is 19.5 Å². The molecule has 3 aromatic carbocycles. The molecule has 0 aliphatic heterocycles. The van der Waals surface area contributed by atoms with Crippen molar-refractivity contribution in [2.24, 2.45) is 0 Å². The topological polar surface area (TPSA) is 78.0 Å². The molecule has 0 unspecified atom stereocenters. The molecule has 0 saturated heterocycles. The van der Waals surface area contributed by atoms with Crippen LogP contribution in [0.2, 0.25) is 0 Å². The minimum Gasteiger partial charge on any atom is -0.268 e. The number of fused-ring (bicyclic) bond motifs is 1. The van der Waals surface area contributed by atoms with Crippen molar-refractivity contribution in [1.29, 1.82) is 0 Å². The summed E-state index contributed by atoms with van der Waals surface area (Å²) in [5, 5.41) is 11.6. The van der Waals surface area contributed by atoms with Gasteiger partial charge in [0.15, 0.2) is 0 Å². The summed E-state index contributed by atoms with van der Waals surface area (Å²) < 4.78 is 15.4. The van der Waals surface area contributed by atoms with Crippen LogP contribution in [0.4, 0.5) is 10.1 Å². The van der Waals surface area contributed by atoms with Crippen molar-refractivity contribution < 1.29 is 9.31 Å². The first-order chi connectivity index (χ1) is 14.4. The molecule has 148 valence electrons. The highest BCUT2D eigenvalue weighted by Crippen LogP contribution is 2.20. The van der Waals surface area contributed by atoms with E-state index in [9.17, 15) is 19.3 Å². The highest BCUT2D eigenvalue weighted by Gasteiger charge is 2.14. The average Bonchev–Trinajstić information content (AvgIpc) is 2.74. The SMILES string of the molecule is O=c1c2cc(I)ccc2nc(/C=C/c2ccc(F)cc2)n1-c1cccc([N+](=O)[O-])c1. The maximum atomic E-state index is 13.3. The quantitative estimate of drug-likeness (QED) is 0.213. The van der Waals surface area contributed by atoms with Gasteiger partial charge in [-0.15, -0.1) is 0 Å². The Kier molecular flexibility index (Phi) is 5.40. The van der Waals surface area contributed by atoms with Gasteiger partial charge in [0.05, 0.1) is 21.5 Å². The zero-order valence-electron chi connectivity index (χ0n) is 15.3. The molecule has 0 amide bonds. The van der Waals surface area contributed by atoms with Crippen molar-refractivity contribution in [2.45, 2.75) is 0 Å². The zero-order valence-corrected chi connectivity index (χ0v) is 17.5. The fraction of sp³-hybridized carbons (Fsp3) is 0. The molecule has 1 aromatic heterocycles. The molecule has 6 nitrogen and oxygen atoms in total. The van der Waals surface area contributed by atoms with Crippen LogP contribution >= 0.6 is 22.6 Å². The molecule has 0 radical (unpaired) electrons. The Morgan fingerprint density at radius 1 is 1.03 bits per heavy atom. The van der Waals surface area contributed by atoms with Gasteiger partial charge in [0.25, 0.3) is 11.2 Å². The first kappa shape index (κ1) is 19.9. The van der Waals surface area contributed by atoms with Crippen molar-refractivity contribution in [3.05, 3.63) is 108 Å². The smallest absolute Gasteiger partial charge is 0.268 e. The number of hydrogen-bond donors (Lipinski definition) is 0. The molecule has 0 spiro atoms. The highest BCUT2D eigenvalue weighted by atomic mass is 127. The molecule has 0 aliphatic carbocycles. The molecule has 30 heavy (non-hydrogen) atoms. The van der Waals surface area contributed by atoms with Crippen molar-refractivity contribution in [2.75, 3.05) is 0 Å². The number of nitro benzene ring substituents is 1. The fourth-order valence-electron chi connectivity index (χ4n) is 3.03. The summed E-state index contributed by atoms with van der Waals surface area (Å²) >= 11 is 2.11. The molecule has 0 bridgehead atoms. The Hall–Kier alpha value is -3.40. The van der Waals surface area contributed by atoms with Gasteiger partial charge in [-0.1, -0.05) is 24.3 Å². The second-order valence-corrected chi connectivity index (χ2v) is 7.68. The second kappa shape index (κ2) is 8.15. The Morgan fingerprint density at radius 3 is 2.53 bits per heavy atom. The number of halogens is 2. The molecule has 4 rings (SSSR count). The molecule has 0 fully saturated rings.